The van der Waals surface area contributed by atoms with E-state index >= 15 is 0 Å². The van der Waals surface area contributed by atoms with E-state index in [1.807, 2.05) is 54.6 Å². The van der Waals surface area contributed by atoms with Gasteiger partial charge >= 0.3 is 5.97 Å². The summed E-state index contributed by atoms with van der Waals surface area (Å²) in [5.74, 6) is 0.169. The van der Waals surface area contributed by atoms with Crippen molar-refractivity contribution in [3.05, 3.63) is 76.6 Å². The topological polar surface area (TPSA) is 65.2 Å². The molecular weight excluding hydrogens is 384 g/mol. The average molecular weight is 399 g/mol. The molecule has 0 saturated carbocycles. The smallest absolute Gasteiger partial charge is 0.331 e. The van der Waals surface area contributed by atoms with E-state index in [0.29, 0.717) is 5.89 Å². The van der Waals surface area contributed by atoms with Crippen molar-refractivity contribution < 1.29 is 13.9 Å². The molecule has 0 radical (unpaired) electrons. The van der Waals surface area contributed by atoms with Crippen molar-refractivity contribution in [2.75, 3.05) is 0 Å². The third-order valence-corrected chi connectivity index (χ3v) is 3.91. The Morgan fingerprint density at radius 2 is 1.84 bits per heavy atom. The maximum Gasteiger partial charge on any atom is 0.331 e. The summed E-state index contributed by atoms with van der Waals surface area (Å²) in [6.07, 6.45) is 2.42. The van der Waals surface area contributed by atoms with Gasteiger partial charge in [-0.3, -0.25) is 0 Å². The summed E-state index contributed by atoms with van der Waals surface area (Å²) in [5.41, 5.74) is 1.71. The van der Waals surface area contributed by atoms with Crippen LogP contribution in [0.2, 0.25) is 0 Å². The maximum absolute atomic E-state index is 11.9. The van der Waals surface area contributed by atoms with Gasteiger partial charge < -0.3 is 9.15 Å². The minimum Gasteiger partial charge on any atom is -0.449 e. The molecule has 0 spiro atoms. The lowest BCUT2D eigenvalue weighted by Gasteiger charge is -2.06. The van der Waals surface area contributed by atoms with Gasteiger partial charge in [-0.1, -0.05) is 46.3 Å². The monoisotopic (exact) mass is 398 g/mol. The van der Waals surface area contributed by atoms with E-state index in [9.17, 15) is 4.79 Å². The van der Waals surface area contributed by atoms with Gasteiger partial charge in [-0.15, -0.1) is 10.2 Å². The molecule has 5 nitrogen and oxygen atoms in total. The molecule has 0 fully saturated rings. The van der Waals surface area contributed by atoms with Crippen molar-refractivity contribution in [3.8, 4) is 11.5 Å². The van der Waals surface area contributed by atoms with E-state index in [1.54, 1.807) is 13.0 Å². The predicted molar refractivity (Wildman–Crippen MR) is 97.4 cm³/mol. The molecule has 3 rings (SSSR count). The van der Waals surface area contributed by atoms with Crippen molar-refractivity contribution in [1.82, 2.24) is 10.2 Å². The van der Waals surface area contributed by atoms with Crippen LogP contribution in [-0.4, -0.2) is 16.2 Å². The molecule has 0 aliphatic heterocycles. The first-order valence-electron chi connectivity index (χ1n) is 7.65. The number of aromatic nitrogens is 2. The molecule has 1 aromatic heterocycles. The van der Waals surface area contributed by atoms with Crippen molar-refractivity contribution in [1.29, 1.82) is 0 Å². The molecule has 0 unspecified atom stereocenters. The first-order chi connectivity index (χ1) is 12.1. The Hall–Kier alpha value is -2.73. The number of carbonyl (C=O) groups excluding carboxylic acids is 1. The third-order valence-electron chi connectivity index (χ3n) is 3.38. The van der Waals surface area contributed by atoms with Crippen molar-refractivity contribution >= 4 is 28.0 Å². The summed E-state index contributed by atoms with van der Waals surface area (Å²) < 4.78 is 11.9. The summed E-state index contributed by atoms with van der Waals surface area (Å²) in [6, 6.07) is 17.0. The number of hydrogen-bond acceptors (Lipinski definition) is 5. The summed E-state index contributed by atoms with van der Waals surface area (Å²) in [4.78, 5) is 11.9. The van der Waals surface area contributed by atoms with E-state index in [-0.39, 0.29) is 5.89 Å². The molecule has 1 heterocycles. The highest BCUT2D eigenvalue weighted by Gasteiger charge is 2.17. The third kappa shape index (κ3) is 4.64. The van der Waals surface area contributed by atoms with Gasteiger partial charge in [-0.05, 0) is 42.8 Å². The SMILES string of the molecule is C[C@@H](OC(=O)/C=C/c1ccc(Br)cc1)c1nnc(-c2ccccc2)o1. The molecule has 0 aliphatic carbocycles. The van der Waals surface area contributed by atoms with Crippen LogP contribution in [0, 0.1) is 0 Å². The lowest BCUT2D eigenvalue weighted by atomic mass is 10.2. The first-order valence-corrected chi connectivity index (χ1v) is 8.44. The predicted octanol–water partition coefficient (Wildman–Crippen LogP) is 4.82. The number of nitrogens with zero attached hydrogens (tertiary/aromatic N) is 2. The van der Waals surface area contributed by atoms with Gasteiger partial charge in [0.15, 0.2) is 6.10 Å². The molecule has 3 aromatic rings. The van der Waals surface area contributed by atoms with E-state index in [0.717, 1.165) is 15.6 Å². The van der Waals surface area contributed by atoms with Gasteiger partial charge in [0.1, 0.15) is 0 Å². The fraction of sp³-hybridized carbons (Fsp3) is 0.105. The molecule has 25 heavy (non-hydrogen) atoms. The molecule has 126 valence electrons. The molecule has 0 amide bonds. The number of benzene rings is 2. The molecule has 0 saturated heterocycles. The van der Waals surface area contributed by atoms with Crippen LogP contribution >= 0.6 is 15.9 Å². The van der Waals surface area contributed by atoms with E-state index in [1.165, 1.54) is 6.08 Å². The standard InChI is InChI=1S/C19H15BrN2O3/c1-13(18-21-22-19(25-18)15-5-3-2-4-6-15)24-17(23)12-9-14-7-10-16(20)11-8-14/h2-13H,1H3/b12-9+/t13-/m1/s1. The Kier molecular flexibility index (Phi) is 5.40. The summed E-state index contributed by atoms with van der Waals surface area (Å²) >= 11 is 3.36. The number of hydrogen-bond donors (Lipinski definition) is 0. The highest BCUT2D eigenvalue weighted by Crippen LogP contribution is 2.22. The lowest BCUT2D eigenvalue weighted by Crippen LogP contribution is -2.06. The van der Waals surface area contributed by atoms with Crippen LogP contribution in [0.4, 0.5) is 0 Å². The second-order valence-corrected chi connectivity index (χ2v) is 6.19. The number of halogens is 1. The van der Waals surface area contributed by atoms with E-state index in [4.69, 9.17) is 9.15 Å². The molecule has 0 bridgehead atoms. The van der Waals surface area contributed by atoms with Crippen LogP contribution in [-0.2, 0) is 9.53 Å². The Balaban J connectivity index is 1.62. The number of esters is 1. The van der Waals surface area contributed by atoms with Crippen LogP contribution in [0.25, 0.3) is 17.5 Å². The van der Waals surface area contributed by atoms with Crippen molar-refractivity contribution in [2.24, 2.45) is 0 Å². The summed E-state index contributed by atoms with van der Waals surface area (Å²) in [5, 5.41) is 7.94. The zero-order valence-electron chi connectivity index (χ0n) is 13.4. The molecule has 1 atom stereocenters. The Bertz CT molecular complexity index is 873. The van der Waals surface area contributed by atoms with E-state index in [2.05, 4.69) is 26.1 Å². The normalized spacial score (nSPS) is 12.2. The minimum atomic E-state index is -0.632. The summed E-state index contributed by atoms with van der Waals surface area (Å²) in [7, 11) is 0. The zero-order chi connectivity index (χ0) is 17.6. The fourth-order valence-corrected chi connectivity index (χ4v) is 2.36. The molecule has 6 heteroatoms. The second-order valence-electron chi connectivity index (χ2n) is 5.28. The highest BCUT2D eigenvalue weighted by molar-refractivity contribution is 9.10. The quantitative estimate of drug-likeness (QED) is 0.455. The zero-order valence-corrected chi connectivity index (χ0v) is 15.0. The Morgan fingerprint density at radius 1 is 1.12 bits per heavy atom. The van der Waals surface area contributed by atoms with Crippen molar-refractivity contribution in [2.45, 2.75) is 13.0 Å². The lowest BCUT2D eigenvalue weighted by molar-refractivity contribution is -0.143. The van der Waals surface area contributed by atoms with Crippen LogP contribution in [0.5, 0.6) is 0 Å². The summed E-state index contributed by atoms with van der Waals surface area (Å²) in [6.45, 7) is 1.69. The number of ether oxygens (including phenoxy) is 1. The van der Waals surface area contributed by atoms with Crippen molar-refractivity contribution in [3.63, 3.8) is 0 Å². The van der Waals surface area contributed by atoms with Crippen LogP contribution in [0.15, 0.2) is 69.6 Å². The van der Waals surface area contributed by atoms with Crippen LogP contribution < -0.4 is 0 Å². The van der Waals surface area contributed by atoms with Crippen LogP contribution in [0.1, 0.15) is 24.5 Å². The maximum atomic E-state index is 11.9. The van der Waals surface area contributed by atoms with Gasteiger partial charge in [0, 0.05) is 16.1 Å². The highest BCUT2D eigenvalue weighted by atomic mass is 79.9. The second kappa shape index (κ2) is 7.90. The van der Waals surface area contributed by atoms with Gasteiger partial charge in [-0.25, -0.2) is 4.79 Å². The van der Waals surface area contributed by atoms with Crippen LogP contribution in [0.3, 0.4) is 0 Å². The Morgan fingerprint density at radius 3 is 2.56 bits per heavy atom. The van der Waals surface area contributed by atoms with Gasteiger partial charge in [0.25, 0.3) is 5.89 Å². The van der Waals surface area contributed by atoms with Gasteiger partial charge in [0.05, 0.1) is 0 Å². The Labute approximate surface area is 153 Å². The van der Waals surface area contributed by atoms with Gasteiger partial charge in [-0.2, -0.15) is 0 Å². The molecule has 0 N–H and O–H groups in total. The molecular formula is C19H15BrN2O3. The van der Waals surface area contributed by atoms with E-state index < -0.39 is 12.1 Å². The largest absolute Gasteiger partial charge is 0.449 e. The molecule has 2 aromatic carbocycles. The average Bonchev–Trinajstić information content (AvgIpc) is 3.12. The minimum absolute atomic E-state index is 0.254. The molecule has 0 aliphatic rings. The van der Waals surface area contributed by atoms with Gasteiger partial charge in [0.2, 0.25) is 5.89 Å². The fourth-order valence-electron chi connectivity index (χ4n) is 2.10. The number of carbonyl (C=O) groups is 1. The first kappa shape index (κ1) is 17.1. The number of rotatable bonds is 5.